The predicted octanol–water partition coefficient (Wildman–Crippen LogP) is 3.22. The van der Waals surface area contributed by atoms with E-state index in [1.165, 1.54) is 22.4 Å². The van der Waals surface area contributed by atoms with Crippen LogP contribution in [0.5, 0.6) is 0 Å². The first kappa shape index (κ1) is 21.7. The molecule has 0 aliphatic carbocycles. The molecule has 11 heteroatoms. The number of ether oxygens (including phenoxy) is 1. The van der Waals surface area contributed by atoms with E-state index >= 15 is 0 Å². The Morgan fingerprint density at radius 2 is 2.12 bits per heavy atom. The van der Waals surface area contributed by atoms with Crippen LogP contribution >= 0.6 is 0 Å². The summed E-state index contributed by atoms with van der Waals surface area (Å²) in [5.41, 5.74) is -0.175. The van der Waals surface area contributed by atoms with Crippen molar-refractivity contribution < 1.29 is 27.6 Å². The first-order chi connectivity index (χ1) is 15.5. The zero-order chi connectivity index (χ0) is 22.7. The van der Waals surface area contributed by atoms with Crippen molar-refractivity contribution in [2.45, 2.75) is 31.9 Å². The van der Waals surface area contributed by atoms with Crippen molar-refractivity contribution in [2.24, 2.45) is 10.9 Å². The van der Waals surface area contributed by atoms with Gasteiger partial charge in [0, 0.05) is 30.7 Å². The van der Waals surface area contributed by atoms with Crippen molar-refractivity contribution in [3.8, 4) is 0 Å². The Morgan fingerprint density at radius 1 is 1.34 bits per heavy atom. The zero-order valence-electron chi connectivity index (χ0n) is 17.4. The number of aromatic nitrogens is 1. The average Bonchev–Trinajstić information content (AvgIpc) is 3.35. The Kier molecular flexibility index (Phi) is 6.33. The number of benzene rings is 1. The maximum atomic E-state index is 15.0. The third-order valence-corrected chi connectivity index (χ3v) is 5.54. The summed E-state index contributed by atoms with van der Waals surface area (Å²) >= 11 is 0. The Bertz CT molecular complexity index is 977. The number of nitrogens with zero attached hydrogens (tertiary/aromatic N) is 4. The average molecular weight is 447 g/mol. The van der Waals surface area contributed by atoms with Gasteiger partial charge in [0.2, 0.25) is 0 Å². The van der Waals surface area contributed by atoms with Gasteiger partial charge >= 0.3 is 6.09 Å². The van der Waals surface area contributed by atoms with Gasteiger partial charge in [-0.25, -0.2) is 13.6 Å². The lowest BCUT2D eigenvalue weighted by atomic mass is 10.00. The van der Waals surface area contributed by atoms with Crippen molar-refractivity contribution >= 4 is 35.9 Å². The fourth-order valence-corrected chi connectivity index (χ4v) is 3.77. The number of nitrogens with one attached hydrogen (secondary N) is 1. The third kappa shape index (κ3) is 4.56. The molecule has 4 rings (SSSR count). The van der Waals surface area contributed by atoms with E-state index in [1.54, 1.807) is 13.0 Å². The van der Waals surface area contributed by atoms with Gasteiger partial charge < -0.3 is 24.3 Å². The van der Waals surface area contributed by atoms with E-state index in [2.05, 4.69) is 15.5 Å². The van der Waals surface area contributed by atoms with Crippen LogP contribution in [0.3, 0.4) is 0 Å². The summed E-state index contributed by atoms with van der Waals surface area (Å²) in [5, 5.41) is 6.66. The maximum absolute atomic E-state index is 15.0. The van der Waals surface area contributed by atoms with Gasteiger partial charge in [0.05, 0.1) is 31.2 Å². The van der Waals surface area contributed by atoms with Crippen LogP contribution in [0.1, 0.15) is 19.8 Å². The molecule has 1 aromatic heterocycles. The number of amides is 1. The van der Waals surface area contributed by atoms with Crippen LogP contribution in [0.25, 0.3) is 0 Å². The van der Waals surface area contributed by atoms with Gasteiger partial charge in [0.25, 0.3) is 0 Å². The molecule has 1 aromatic carbocycles. The SMILES string of the molecule is CC(C=O)C1CCCN(c2c(F)cc(N3CC(CNc4ccon4)OC3=O)cc2F)C=N1. The van der Waals surface area contributed by atoms with E-state index in [0.717, 1.165) is 18.4 Å². The maximum Gasteiger partial charge on any atom is 0.414 e. The van der Waals surface area contributed by atoms with Gasteiger partial charge in [-0.3, -0.25) is 9.89 Å². The summed E-state index contributed by atoms with van der Waals surface area (Å²) in [6.07, 6.45) is 3.68. The molecular weight excluding hydrogens is 424 g/mol. The summed E-state index contributed by atoms with van der Waals surface area (Å²) in [5.74, 6) is -1.41. The topological polar surface area (TPSA) is 100 Å². The van der Waals surface area contributed by atoms with Crippen molar-refractivity contribution in [1.82, 2.24) is 5.16 Å². The molecule has 3 unspecified atom stereocenters. The van der Waals surface area contributed by atoms with Gasteiger partial charge in [-0.1, -0.05) is 12.1 Å². The minimum Gasteiger partial charge on any atom is -0.442 e. The molecular formula is C21H23F2N5O4. The first-order valence-corrected chi connectivity index (χ1v) is 10.3. The Hall–Kier alpha value is -3.50. The minimum absolute atomic E-state index is 0.0666. The van der Waals surface area contributed by atoms with Gasteiger partial charge in [-0.15, -0.1) is 0 Å². The van der Waals surface area contributed by atoms with Gasteiger partial charge in [0.1, 0.15) is 24.3 Å². The number of anilines is 3. The van der Waals surface area contributed by atoms with E-state index in [9.17, 15) is 18.4 Å². The van der Waals surface area contributed by atoms with E-state index in [0.29, 0.717) is 25.2 Å². The van der Waals surface area contributed by atoms with Crippen LogP contribution in [0.4, 0.5) is 30.8 Å². The number of hydrogen-bond acceptors (Lipinski definition) is 8. The fraction of sp³-hybridized carbons (Fsp3) is 0.429. The standard InChI is InChI=1S/C21H23F2N5O4/c1-13(11-29)18-3-2-5-27(12-25-18)20-16(22)7-14(8-17(20)23)28-10-15(32-21(28)30)9-24-19-4-6-31-26-19/h4,6-8,11-13,15,18H,2-3,5,9-10H2,1H3,(H,24,26). The monoisotopic (exact) mass is 447 g/mol. The molecule has 2 aliphatic heterocycles. The van der Waals surface area contributed by atoms with E-state index in [1.807, 2.05) is 0 Å². The number of carbonyl (C=O) groups excluding carboxylic acids is 2. The molecule has 9 nitrogen and oxygen atoms in total. The van der Waals surface area contributed by atoms with Crippen LogP contribution in [-0.2, 0) is 9.53 Å². The van der Waals surface area contributed by atoms with Crippen LogP contribution < -0.4 is 15.1 Å². The second-order valence-corrected chi connectivity index (χ2v) is 7.80. The highest BCUT2D eigenvalue weighted by molar-refractivity contribution is 5.90. The van der Waals surface area contributed by atoms with Crippen molar-refractivity contribution in [2.75, 3.05) is 34.8 Å². The fourth-order valence-electron chi connectivity index (χ4n) is 3.77. The molecule has 3 heterocycles. The number of halogens is 2. The molecule has 32 heavy (non-hydrogen) atoms. The number of aldehydes is 1. The molecule has 3 atom stereocenters. The highest BCUT2D eigenvalue weighted by Gasteiger charge is 2.34. The van der Waals surface area contributed by atoms with Crippen LogP contribution in [0.15, 0.2) is 34.0 Å². The Labute approximate surface area is 183 Å². The molecule has 1 amide bonds. The third-order valence-electron chi connectivity index (χ3n) is 5.54. The minimum atomic E-state index is -0.815. The smallest absolute Gasteiger partial charge is 0.414 e. The summed E-state index contributed by atoms with van der Waals surface area (Å²) in [6, 6.07) is 3.62. The quantitative estimate of drug-likeness (QED) is 0.651. The number of rotatable bonds is 7. The second kappa shape index (κ2) is 9.33. The highest BCUT2D eigenvalue weighted by Crippen LogP contribution is 2.31. The molecule has 0 bridgehead atoms. The molecule has 170 valence electrons. The normalized spacial score (nSPS) is 21.9. The lowest BCUT2D eigenvalue weighted by Gasteiger charge is -2.21. The molecule has 1 N–H and O–H groups in total. The molecule has 1 fully saturated rings. The van der Waals surface area contributed by atoms with Gasteiger partial charge in [-0.05, 0) is 12.8 Å². The largest absolute Gasteiger partial charge is 0.442 e. The highest BCUT2D eigenvalue weighted by atomic mass is 19.1. The number of cyclic esters (lactones) is 1. The van der Waals surface area contributed by atoms with Crippen LogP contribution in [-0.4, -0.2) is 55.7 Å². The second-order valence-electron chi connectivity index (χ2n) is 7.80. The van der Waals surface area contributed by atoms with Crippen molar-refractivity contribution in [3.63, 3.8) is 0 Å². The lowest BCUT2D eigenvalue weighted by molar-refractivity contribution is -0.111. The molecule has 2 aromatic rings. The molecule has 2 aliphatic rings. The summed E-state index contributed by atoms with van der Waals surface area (Å²) < 4.78 is 39.9. The number of aliphatic imine (C=N–C) groups is 1. The molecule has 0 saturated carbocycles. The van der Waals surface area contributed by atoms with E-state index < -0.39 is 23.8 Å². The Morgan fingerprint density at radius 3 is 2.81 bits per heavy atom. The van der Waals surface area contributed by atoms with Gasteiger partial charge in [-0.2, -0.15) is 0 Å². The molecule has 0 radical (unpaired) electrons. The van der Waals surface area contributed by atoms with Crippen LogP contribution in [0.2, 0.25) is 0 Å². The molecule has 1 saturated heterocycles. The van der Waals surface area contributed by atoms with Crippen molar-refractivity contribution in [1.29, 1.82) is 0 Å². The number of carbonyl (C=O) groups is 2. The number of hydrogen-bond donors (Lipinski definition) is 1. The summed E-state index contributed by atoms with van der Waals surface area (Å²) in [4.78, 5) is 30.2. The van der Waals surface area contributed by atoms with Crippen LogP contribution in [0, 0.1) is 17.6 Å². The van der Waals surface area contributed by atoms with Gasteiger partial charge in [0.15, 0.2) is 17.5 Å². The summed E-state index contributed by atoms with van der Waals surface area (Å²) in [7, 11) is 0. The lowest BCUT2D eigenvalue weighted by Crippen LogP contribution is -2.28. The van der Waals surface area contributed by atoms with E-state index in [-0.39, 0.29) is 36.4 Å². The molecule has 0 spiro atoms. The first-order valence-electron chi connectivity index (χ1n) is 10.3. The van der Waals surface area contributed by atoms with Crippen molar-refractivity contribution in [3.05, 3.63) is 36.1 Å². The predicted molar refractivity (Wildman–Crippen MR) is 113 cm³/mol. The Balaban J connectivity index is 1.47. The zero-order valence-corrected chi connectivity index (χ0v) is 17.4. The van der Waals surface area contributed by atoms with E-state index in [4.69, 9.17) is 9.26 Å². The summed E-state index contributed by atoms with van der Waals surface area (Å²) in [6.45, 7) is 2.52.